The first-order chi connectivity index (χ1) is 7.22. The molecule has 0 bridgehead atoms. The number of rotatable bonds is 1. The second-order valence-corrected chi connectivity index (χ2v) is 3.93. The van der Waals surface area contributed by atoms with Crippen LogP contribution in [0.5, 0.6) is 5.75 Å². The summed E-state index contributed by atoms with van der Waals surface area (Å²) < 4.78 is 5.55. The van der Waals surface area contributed by atoms with E-state index in [0.717, 1.165) is 18.0 Å². The molecule has 1 aromatic rings. The molecule has 0 spiro atoms. The van der Waals surface area contributed by atoms with Crippen LogP contribution in [0.1, 0.15) is 19.4 Å². The van der Waals surface area contributed by atoms with E-state index in [9.17, 15) is 0 Å². The molecule has 78 valence electrons. The third kappa shape index (κ3) is 1.75. The van der Waals surface area contributed by atoms with Gasteiger partial charge in [0.2, 0.25) is 0 Å². The molecule has 0 atom stereocenters. The molecule has 0 amide bonds. The molecular formula is C12H14N2O. The van der Waals surface area contributed by atoms with E-state index < -0.39 is 0 Å². The summed E-state index contributed by atoms with van der Waals surface area (Å²) in [5.74, 6) is 0.828. The molecule has 0 unspecified atom stereocenters. The van der Waals surface area contributed by atoms with Gasteiger partial charge in [0, 0.05) is 12.1 Å². The van der Waals surface area contributed by atoms with Crippen molar-refractivity contribution in [2.45, 2.75) is 19.9 Å². The van der Waals surface area contributed by atoms with Gasteiger partial charge in [-0.3, -0.25) is 0 Å². The molecule has 0 aromatic heterocycles. The fraction of sp³-hybridized carbons (Fsp3) is 0.417. The van der Waals surface area contributed by atoms with Gasteiger partial charge in [-0.2, -0.15) is 5.26 Å². The van der Waals surface area contributed by atoms with Gasteiger partial charge in [0.1, 0.15) is 12.4 Å². The second kappa shape index (κ2) is 3.82. The Morgan fingerprint density at radius 3 is 2.93 bits per heavy atom. The third-order valence-electron chi connectivity index (χ3n) is 2.61. The van der Waals surface area contributed by atoms with Crippen LogP contribution in [0.4, 0.5) is 5.69 Å². The van der Waals surface area contributed by atoms with Gasteiger partial charge in [-0.25, -0.2) is 0 Å². The standard InChI is InChI=1S/C12H14N2O/c1-9(2)14-5-6-15-12-7-10(8-13)3-4-11(12)14/h3-4,7,9H,5-6H2,1-2H3. The predicted octanol–water partition coefficient (Wildman–Crippen LogP) is 2.17. The molecule has 2 rings (SSSR count). The lowest BCUT2D eigenvalue weighted by Gasteiger charge is -2.34. The van der Waals surface area contributed by atoms with Gasteiger partial charge in [0.05, 0.1) is 23.9 Å². The molecule has 0 N–H and O–H groups in total. The van der Waals surface area contributed by atoms with Gasteiger partial charge >= 0.3 is 0 Å². The van der Waals surface area contributed by atoms with Crippen molar-refractivity contribution in [3.8, 4) is 11.8 Å². The van der Waals surface area contributed by atoms with Crippen LogP contribution < -0.4 is 9.64 Å². The average Bonchev–Trinajstić information content (AvgIpc) is 2.27. The molecule has 0 radical (unpaired) electrons. The summed E-state index contributed by atoms with van der Waals surface area (Å²) in [5.41, 5.74) is 1.75. The normalized spacial score (nSPS) is 14.4. The number of hydrogen-bond donors (Lipinski definition) is 0. The smallest absolute Gasteiger partial charge is 0.144 e. The molecule has 1 heterocycles. The SMILES string of the molecule is CC(C)N1CCOc2cc(C#N)ccc21. The highest BCUT2D eigenvalue weighted by Crippen LogP contribution is 2.33. The Balaban J connectivity index is 2.41. The number of nitriles is 1. The zero-order valence-electron chi connectivity index (χ0n) is 9.03. The Morgan fingerprint density at radius 1 is 1.47 bits per heavy atom. The average molecular weight is 202 g/mol. The summed E-state index contributed by atoms with van der Waals surface area (Å²) in [6, 6.07) is 8.19. The minimum atomic E-state index is 0.459. The topological polar surface area (TPSA) is 36.3 Å². The van der Waals surface area contributed by atoms with E-state index in [1.807, 2.05) is 18.2 Å². The van der Waals surface area contributed by atoms with Crippen LogP contribution in [0.25, 0.3) is 0 Å². The molecule has 0 fully saturated rings. The van der Waals surface area contributed by atoms with Crippen molar-refractivity contribution >= 4 is 5.69 Å². The van der Waals surface area contributed by atoms with Crippen LogP contribution in [-0.4, -0.2) is 19.2 Å². The van der Waals surface area contributed by atoms with Crippen molar-refractivity contribution < 1.29 is 4.74 Å². The van der Waals surface area contributed by atoms with E-state index in [4.69, 9.17) is 10.00 Å². The Bertz CT molecular complexity index is 407. The number of ether oxygens (including phenoxy) is 1. The van der Waals surface area contributed by atoms with E-state index in [1.165, 1.54) is 0 Å². The van der Waals surface area contributed by atoms with Gasteiger partial charge < -0.3 is 9.64 Å². The summed E-state index contributed by atoms with van der Waals surface area (Å²) in [5, 5.41) is 8.80. The molecule has 1 aliphatic rings. The van der Waals surface area contributed by atoms with Crippen LogP contribution in [0.15, 0.2) is 18.2 Å². The van der Waals surface area contributed by atoms with Crippen LogP contribution in [0.2, 0.25) is 0 Å². The molecule has 0 saturated heterocycles. The van der Waals surface area contributed by atoms with Gasteiger partial charge in [0.15, 0.2) is 0 Å². The summed E-state index contributed by atoms with van der Waals surface area (Å²) in [6.07, 6.45) is 0. The number of fused-ring (bicyclic) bond motifs is 1. The molecule has 1 aliphatic heterocycles. The molecule has 0 aliphatic carbocycles. The van der Waals surface area contributed by atoms with Crippen LogP contribution in [0, 0.1) is 11.3 Å². The Kier molecular flexibility index (Phi) is 2.51. The highest BCUT2D eigenvalue weighted by Gasteiger charge is 2.20. The van der Waals surface area contributed by atoms with Gasteiger partial charge in [-0.15, -0.1) is 0 Å². The lowest BCUT2D eigenvalue weighted by Crippen LogP contribution is -2.37. The minimum Gasteiger partial charge on any atom is -0.490 e. The zero-order chi connectivity index (χ0) is 10.8. The summed E-state index contributed by atoms with van der Waals surface area (Å²) in [6.45, 7) is 5.93. The quantitative estimate of drug-likeness (QED) is 0.700. The van der Waals surface area contributed by atoms with Crippen LogP contribution in [0.3, 0.4) is 0 Å². The fourth-order valence-electron chi connectivity index (χ4n) is 1.85. The van der Waals surface area contributed by atoms with Gasteiger partial charge in [0.25, 0.3) is 0 Å². The monoisotopic (exact) mass is 202 g/mol. The second-order valence-electron chi connectivity index (χ2n) is 3.93. The summed E-state index contributed by atoms with van der Waals surface area (Å²) in [7, 11) is 0. The minimum absolute atomic E-state index is 0.459. The highest BCUT2D eigenvalue weighted by atomic mass is 16.5. The Morgan fingerprint density at radius 2 is 2.27 bits per heavy atom. The van der Waals surface area contributed by atoms with Crippen LogP contribution in [-0.2, 0) is 0 Å². The Hall–Kier alpha value is -1.69. The Labute approximate surface area is 89.9 Å². The summed E-state index contributed by atoms with van der Waals surface area (Å²) in [4.78, 5) is 2.29. The highest BCUT2D eigenvalue weighted by molar-refractivity contribution is 5.62. The first kappa shape index (κ1) is 9.85. The third-order valence-corrected chi connectivity index (χ3v) is 2.61. The van der Waals surface area contributed by atoms with Crippen molar-refractivity contribution in [1.29, 1.82) is 5.26 Å². The molecule has 0 saturated carbocycles. The lowest BCUT2D eigenvalue weighted by atomic mass is 10.1. The number of benzene rings is 1. The molecule has 3 nitrogen and oxygen atoms in total. The summed E-state index contributed by atoms with van der Waals surface area (Å²) >= 11 is 0. The maximum atomic E-state index is 8.80. The first-order valence-electron chi connectivity index (χ1n) is 5.16. The molecular weight excluding hydrogens is 188 g/mol. The van der Waals surface area contributed by atoms with Crippen molar-refractivity contribution in [1.82, 2.24) is 0 Å². The van der Waals surface area contributed by atoms with E-state index in [-0.39, 0.29) is 0 Å². The van der Waals surface area contributed by atoms with Crippen LogP contribution >= 0.6 is 0 Å². The van der Waals surface area contributed by atoms with Crippen molar-refractivity contribution in [2.75, 3.05) is 18.1 Å². The van der Waals surface area contributed by atoms with Crippen molar-refractivity contribution in [3.63, 3.8) is 0 Å². The zero-order valence-corrected chi connectivity index (χ0v) is 9.03. The first-order valence-corrected chi connectivity index (χ1v) is 5.16. The molecule has 15 heavy (non-hydrogen) atoms. The lowest BCUT2D eigenvalue weighted by molar-refractivity contribution is 0.303. The fourth-order valence-corrected chi connectivity index (χ4v) is 1.85. The number of nitrogens with zero attached hydrogens (tertiary/aromatic N) is 2. The van der Waals surface area contributed by atoms with E-state index in [1.54, 1.807) is 0 Å². The van der Waals surface area contributed by atoms with Crippen molar-refractivity contribution in [3.05, 3.63) is 23.8 Å². The van der Waals surface area contributed by atoms with E-state index in [0.29, 0.717) is 18.2 Å². The molecule has 1 aromatic carbocycles. The van der Waals surface area contributed by atoms with Gasteiger partial charge in [-0.05, 0) is 26.0 Å². The molecule has 3 heteroatoms. The van der Waals surface area contributed by atoms with E-state index in [2.05, 4.69) is 24.8 Å². The maximum Gasteiger partial charge on any atom is 0.144 e. The predicted molar refractivity (Wildman–Crippen MR) is 59.1 cm³/mol. The van der Waals surface area contributed by atoms with Crippen molar-refractivity contribution in [2.24, 2.45) is 0 Å². The van der Waals surface area contributed by atoms with Gasteiger partial charge in [-0.1, -0.05) is 0 Å². The van der Waals surface area contributed by atoms with E-state index >= 15 is 0 Å². The number of hydrogen-bond acceptors (Lipinski definition) is 3. The largest absolute Gasteiger partial charge is 0.490 e. The number of anilines is 1. The maximum absolute atomic E-state index is 8.80.